The molecule has 1 heterocycles. The molecule has 0 spiro atoms. The largest absolute Gasteiger partial charge is 1.00 e. The second kappa shape index (κ2) is 11.6. The van der Waals surface area contributed by atoms with Crippen LogP contribution in [0.2, 0.25) is 0 Å². The molecular formula is C22H35ClN2O2. The van der Waals surface area contributed by atoms with Gasteiger partial charge in [0.2, 0.25) is 5.91 Å². The quantitative estimate of drug-likeness (QED) is 0.716. The monoisotopic (exact) mass is 394 g/mol. The lowest BCUT2D eigenvalue weighted by Gasteiger charge is -2.33. The van der Waals surface area contributed by atoms with Crippen LogP contribution in [0.15, 0.2) is 24.3 Å². The van der Waals surface area contributed by atoms with E-state index in [1.54, 1.807) is 0 Å². The standard InChI is InChI=1S/C22H34N2O2.ClH/c1-2-18-26-21-11-7-6-10-20(21)23-14-16-24(17-15-23)22(25)13-12-19-8-4-3-5-9-19;/h6-7,10-11,19H,2-5,8-9,12-18H2,1H3;1H. The van der Waals surface area contributed by atoms with Gasteiger partial charge in [0.05, 0.1) is 32.8 Å². The van der Waals surface area contributed by atoms with Gasteiger partial charge in [-0.2, -0.15) is 0 Å². The SMILES string of the molecule is CCCOc1ccccc1[NH+]1CCN(C(=O)CCC2CCCCC2)CC1.[Cl-]. The first-order valence-corrected chi connectivity index (χ1v) is 10.6. The van der Waals surface area contributed by atoms with Crippen LogP contribution in [-0.2, 0) is 4.79 Å². The minimum Gasteiger partial charge on any atom is -1.00 e. The van der Waals surface area contributed by atoms with E-state index in [0.717, 1.165) is 63.7 Å². The van der Waals surface area contributed by atoms with Gasteiger partial charge in [-0.25, -0.2) is 0 Å². The van der Waals surface area contributed by atoms with Crippen molar-refractivity contribution < 1.29 is 26.8 Å². The van der Waals surface area contributed by atoms with Crippen molar-refractivity contribution in [2.24, 2.45) is 5.92 Å². The van der Waals surface area contributed by atoms with Crippen molar-refractivity contribution >= 4 is 11.6 Å². The molecule has 0 atom stereocenters. The van der Waals surface area contributed by atoms with Crippen LogP contribution in [0, 0.1) is 5.92 Å². The van der Waals surface area contributed by atoms with Crippen molar-refractivity contribution in [2.75, 3.05) is 32.8 Å². The molecule has 0 unspecified atom stereocenters. The Labute approximate surface area is 170 Å². The van der Waals surface area contributed by atoms with Gasteiger partial charge in [0.25, 0.3) is 0 Å². The molecule has 27 heavy (non-hydrogen) atoms. The second-order valence-corrected chi connectivity index (χ2v) is 7.87. The molecule has 0 bridgehead atoms. The summed E-state index contributed by atoms with van der Waals surface area (Å²) in [6, 6.07) is 8.36. The highest BCUT2D eigenvalue weighted by molar-refractivity contribution is 5.76. The van der Waals surface area contributed by atoms with Gasteiger partial charge in [0.1, 0.15) is 0 Å². The van der Waals surface area contributed by atoms with Crippen molar-refractivity contribution in [2.45, 2.75) is 58.3 Å². The molecule has 152 valence electrons. The molecule has 1 aliphatic heterocycles. The number of quaternary nitrogens is 1. The van der Waals surface area contributed by atoms with Gasteiger partial charge >= 0.3 is 0 Å². The summed E-state index contributed by atoms with van der Waals surface area (Å²) in [7, 11) is 0. The zero-order chi connectivity index (χ0) is 18.2. The normalized spacial score (nSPS) is 18.8. The number of para-hydroxylation sites is 2. The Morgan fingerprint density at radius 1 is 1.15 bits per heavy atom. The molecule has 1 amide bonds. The number of rotatable bonds is 7. The third-order valence-electron chi connectivity index (χ3n) is 5.94. The van der Waals surface area contributed by atoms with Crippen LogP contribution in [0.4, 0.5) is 5.69 Å². The average molecular weight is 395 g/mol. The van der Waals surface area contributed by atoms with Crippen LogP contribution in [-0.4, -0.2) is 43.6 Å². The first-order valence-electron chi connectivity index (χ1n) is 10.6. The molecular weight excluding hydrogens is 360 g/mol. The van der Waals surface area contributed by atoms with E-state index < -0.39 is 0 Å². The number of piperazine rings is 1. The molecule has 3 rings (SSSR count). The Bertz CT molecular complexity index is 567. The minimum atomic E-state index is 0. The number of amides is 1. The fraction of sp³-hybridized carbons (Fsp3) is 0.682. The lowest BCUT2D eigenvalue weighted by molar-refractivity contribution is -0.837. The maximum absolute atomic E-state index is 12.6. The molecule has 0 aromatic heterocycles. The third kappa shape index (κ3) is 6.39. The van der Waals surface area contributed by atoms with Crippen LogP contribution < -0.4 is 22.0 Å². The van der Waals surface area contributed by atoms with Gasteiger partial charge in [-0.3, -0.25) is 9.69 Å². The molecule has 1 aromatic carbocycles. The Balaban J connectivity index is 0.00000261. The van der Waals surface area contributed by atoms with Crippen LogP contribution in [0.25, 0.3) is 0 Å². The highest BCUT2D eigenvalue weighted by Crippen LogP contribution is 2.27. The van der Waals surface area contributed by atoms with E-state index in [-0.39, 0.29) is 12.4 Å². The van der Waals surface area contributed by atoms with E-state index in [4.69, 9.17) is 4.74 Å². The number of hydrogen-bond acceptors (Lipinski definition) is 2. The predicted octanol–water partition coefficient (Wildman–Crippen LogP) is 0.199. The maximum Gasteiger partial charge on any atom is 0.222 e. The molecule has 1 aromatic rings. The van der Waals surface area contributed by atoms with Gasteiger partial charge in [-0.1, -0.05) is 51.2 Å². The smallest absolute Gasteiger partial charge is 0.222 e. The van der Waals surface area contributed by atoms with Gasteiger partial charge in [0.15, 0.2) is 11.4 Å². The number of halogens is 1. The maximum atomic E-state index is 12.6. The lowest BCUT2D eigenvalue weighted by Crippen LogP contribution is -3.10. The van der Waals surface area contributed by atoms with Crippen molar-refractivity contribution in [1.29, 1.82) is 0 Å². The number of hydrogen-bond donors (Lipinski definition) is 1. The summed E-state index contributed by atoms with van der Waals surface area (Å²) in [6.07, 6.45) is 9.64. The summed E-state index contributed by atoms with van der Waals surface area (Å²) in [5.74, 6) is 2.16. The van der Waals surface area contributed by atoms with E-state index in [1.807, 2.05) is 6.07 Å². The van der Waals surface area contributed by atoms with Crippen molar-refractivity contribution in [3.8, 4) is 5.75 Å². The fourth-order valence-electron chi connectivity index (χ4n) is 4.35. The van der Waals surface area contributed by atoms with E-state index in [0.29, 0.717) is 5.91 Å². The molecule has 1 saturated heterocycles. The van der Waals surface area contributed by atoms with Gasteiger partial charge in [0, 0.05) is 12.5 Å². The summed E-state index contributed by atoms with van der Waals surface area (Å²) >= 11 is 0. The number of nitrogens with zero attached hydrogens (tertiary/aromatic N) is 1. The highest BCUT2D eigenvalue weighted by Gasteiger charge is 2.27. The van der Waals surface area contributed by atoms with Crippen LogP contribution in [0.3, 0.4) is 0 Å². The Kier molecular flexibility index (Phi) is 9.43. The Morgan fingerprint density at radius 3 is 2.56 bits per heavy atom. The zero-order valence-electron chi connectivity index (χ0n) is 16.7. The van der Waals surface area contributed by atoms with Crippen molar-refractivity contribution in [3.05, 3.63) is 24.3 Å². The molecule has 1 aliphatic carbocycles. The highest BCUT2D eigenvalue weighted by atomic mass is 35.5. The van der Waals surface area contributed by atoms with Crippen molar-refractivity contribution in [3.63, 3.8) is 0 Å². The number of carbonyl (C=O) groups is 1. The first kappa shape index (κ1) is 22.0. The van der Waals surface area contributed by atoms with E-state index in [1.165, 1.54) is 42.7 Å². The van der Waals surface area contributed by atoms with E-state index in [9.17, 15) is 4.79 Å². The summed E-state index contributed by atoms with van der Waals surface area (Å²) in [5.41, 5.74) is 1.25. The number of benzene rings is 1. The molecule has 0 radical (unpaired) electrons. The van der Waals surface area contributed by atoms with E-state index in [2.05, 4.69) is 30.0 Å². The van der Waals surface area contributed by atoms with Crippen molar-refractivity contribution in [1.82, 2.24) is 4.90 Å². The third-order valence-corrected chi connectivity index (χ3v) is 5.94. The summed E-state index contributed by atoms with van der Waals surface area (Å²) in [5, 5.41) is 0. The van der Waals surface area contributed by atoms with Crippen LogP contribution in [0.1, 0.15) is 58.3 Å². The molecule has 1 N–H and O–H groups in total. The lowest BCUT2D eigenvalue weighted by atomic mass is 9.86. The average Bonchev–Trinajstić information content (AvgIpc) is 2.71. The first-order chi connectivity index (χ1) is 12.8. The minimum absolute atomic E-state index is 0. The van der Waals surface area contributed by atoms with Crippen LogP contribution in [0.5, 0.6) is 5.75 Å². The number of carbonyl (C=O) groups excluding carboxylic acids is 1. The number of ether oxygens (including phenoxy) is 1. The van der Waals surface area contributed by atoms with Gasteiger partial charge in [-0.15, -0.1) is 0 Å². The number of nitrogens with one attached hydrogen (secondary N) is 1. The molecule has 5 heteroatoms. The second-order valence-electron chi connectivity index (χ2n) is 7.87. The van der Waals surface area contributed by atoms with Gasteiger partial charge < -0.3 is 22.0 Å². The van der Waals surface area contributed by atoms with Gasteiger partial charge in [-0.05, 0) is 24.8 Å². The molecule has 2 fully saturated rings. The zero-order valence-corrected chi connectivity index (χ0v) is 17.5. The molecule has 2 aliphatic rings. The topological polar surface area (TPSA) is 34.0 Å². The van der Waals surface area contributed by atoms with E-state index >= 15 is 0 Å². The summed E-state index contributed by atoms with van der Waals surface area (Å²) in [6.45, 7) is 6.56. The Hall–Kier alpha value is -1.26. The fourth-order valence-corrected chi connectivity index (χ4v) is 4.35. The molecule has 1 saturated carbocycles. The Morgan fingerprint density at radius 2 is 1.85 bits per heavy atom. The van der Waals surface area contributed by atoms with Crippen LogP contribution >= 0.6 is 0 Å². The summed E-state index contributed by atoms with van der Waals surface area (Å²) < 4.78 is 5.92. The predicted molar refractivity (Wildman–Crippen MR) is 105 cm³/mol. The summed E-state index contributed by atoms with van der Waals surface area (Å²) in [4.78, 5) is 16.1. The molecule has 4 nitrogen and oxygen atoms in total.